The molecule has 1 amide bonds. The van der Waals surface area contributed by atoms with Crippen molar-refractivity contribution in [3.63, 3.8) is 0 Å². The average Bonchev–Trinajstić information content (AvgIpc) is 2.62. The Bertz CT molecular complexity index is 678. The second-order valence-electron chi connectivity index (χ2n) is 5.28. The zero-order valence-electron chi connectivity index (χ0n) is 14.1. The van der Waals surface area contributed by atoms with Crippen LogP contribution in [0.25, 0.3) is 0 Å². The molecule has 1 aliphatic heterocycles. The van der Waals surface area contributed by atoms with Crippen LogP contribution in [0.1, 0.15) is 16.8 Å². The molecule has 142 valence electrons. The monoisotopic (exact) mass is 393 g/mol. The van der Waals surface area contributed by atoms with E-state index in [1.54, 1.807) is 0 Å². The van der Waals surface area contributed by atoms with Crippen LogP contribution < -0.4 is 15.8 Å². The number of nitrogens with one attached hydrogen (secondary N) is 1. The number of ether oxygens (including phenoxy) is 2. The van der Waals surface area contributed by atoms with Crippen molar-refractivity contribution in [3.8, 4) is 5.75 Å². The van der Waals surface area contributed by atoms with Crippen LogP contribution >= 0.6 is 12.4 Å². The molecule has 0 unspecified atom stereocenters. The van der Waals surface area contributed by atoms with Gasteiger partial charge in [-0.2, -0.15) is 4.31 Å². The number of carbonyl (C=O) groups excluding carboxylic acids is 1. The number of rotatable bonds is 7. The molecule has 25 heavy (non-hydrogen) atoms. The van der Waals surface area contributed by atoms with Gasteiger partial charge in [0.05, 0.1) is 30.8 Å². The first-order chi connectivity index (χ1) is 11.5. The lowest BCUT2D eigenvalue weighted by molar-refractivity contribution is 0.0730. The van der Waals surface area contributed by atoms with E-state index in [0.29, 0.717) is 51.6 Å². The van der Waals surface area contributed by atoms with Gasteiger partial charge in [0.15, 0.2) is 0 Å². The van der Waals surface area contributed by atoms with E-state index < -0.39 is 10.0 Å². The summed E-state index contributed by atoms with van der Waals surface area (Å²) in [6.07, 6.45) is 0.639. The van der Waals surface area contributed by atoms with E-state index in [2.05, 4.69) is 5.32 Å². The molecule has 0 atom stereocenters. The van der Waals surface area contributed by atoms with Crippen molar-refractivity contribution in [1.29, 1.82) is 0 Å². The van der Waals surface area contributed by atoms with Gasteiger partial charge < -0.3 is 20.5 Å². The molecule has 1 aromatic carbocycles. The number of benzene rings is 1. The SMILES string of the molecule is COc1ccc(S(=O)(=O)N2CCOCC2)cc1C(=O)NCCCN.Cl. The Labute approximate surface area is 154 Å². The molecule has 8 nitrogen and oxygen atoms in total. The van der Waals surface area contributed by atoms with Crippen LogP contribution in [-0.4, -0.2) is 65.1 Å². The number of morpholine rings is 1. The molecule has 0 bridgehead atoms. The van der Waals surface area contributed by atoms with E-state index in [1.165, 1.54) is 29.6 Å². The highest BCUT2D eigenvalue weighted by Gasteiger charge is 2.27. The Morgan fingerprint density at radius 2 is 2.04 bits per heavy atom. The van der Waals surface area contributed by atoms with Crippen molar-refractivity contribution in [2.24, 2.45) is 5.73 Å². The molecule has 0 aliphatic carbocycles. The predicted octanol–water partition coefficient (Wildman–Crippen LogP) is 0.217. The van der Waals surface area contributed by atoms with Gasteiger partial charge in [-0.25, -0.2) is 8.42 Å². The smallest absolute Gasteiger partial charge is 0.255 e. The van der Waals surface area contributed by atoms with Gasteiger partial charge in [0.1, 0.15) is 5.75 Å². The molecule has 1 heterocycles. The molecule has 1 aliphatic rings. The number of hydrogen-bond acceptors (Lipinski definition) is 6. The standard InChI is InChI=1S/C15H23N3O5S.ClH/c1-22-14-4-3-12(11-13(14)15(19)17-6-2-5-16)24(20,21)18-7-9-23-10-8-18;/h3-4,11H,2,5-10,16H2,1H3,(H,17,19);1H. The lowest BCUT2D eigenvalue weighted by Crippen LogP contribution is -2.40. The van der Waals surface area contributed by atoms with Gasteiger partial charge in [0, 0.05) is 19.6 Å². The Balaban J connectivity index is 0.00000312. The number of methoxy groups -OCH3 is 1. The third kappa shape index (κ3) is 5.29. The number of hydrogen-bond donors (Lipinski definition) is 2. The van der Waals surface area contributed by atoms with E-state index in [9.17, 15) is 13.2 Å². The fourth-order valence-corrected chi connectivity index (χ4v) is 3.79. The average molecular weight is 394 g/mol. The fourth-order valence-electron chi connectivity index (χ4n) is 2.36. The third-order valence-electron chi connectivity index (χ3n) is 3.69. The van der Waals surface area contributed by atoms with Gasteiger partial charge in [-0.1, -0.05) is 0 Å². The summed E-state index contributed by atoms with van der Waals surface area (Å²) < 4.78 is 37.1. The lowest BCUT2D eigenvalue weighted by atomic mass is 10.2. The first kappa shape index (κ1) is 21.7. The molecule has 10 heteroatoms. The van der Waals surface area contributed by atoms with Gasteiger partial charge >= 0.3 is 0 Å². The van der Waals surface area contributed by atoms with Crippen LogP contribution in [0.2, 0.25) is 0 Å². The van der Waals surface area contributed by atoms with E-state index in [1.807, 2.05) is 0 Å². The highest BCUT2D eigenvalue weighted by Crippen LogP contribution is 2.25. The Kier molecular flexibility index (Phi) is 8.60. The number of halogens is 1. The second kappa shape index (κ2) is 9.93. The summed E-state index contributed by atoms with van der Waals surface area (Å²) >= 11 is 0. The zero-order valence-corrected chi connectivity index (χ0v) is 15.7. The summed E-state index contributed by atoms with van der Waals surface area (Å²) in [6, 6.07) is 4.28. The number of sulfonamides is 1. The minimum absolute atomic E-state index is 0. The molecule has 3 N–H and O–H groups in total. The zero-order chi connectivity index (χ0) is 17.6. The summed E-state index contributed by atoms with van der Waals surface area (Å²) in [5, 5.41) is 2.71. The normalized spacial score (nSPS) is 15.3. The summed E-state index contributed by atoms with van der Waals surface area (Å²) in [4.78, 5) is 12.4. The maximum Gasteiger partial charge on any atom is 0.255 e. The number of carbonyl (C=O) groups is 1. The van der Waals surface area contributed by atoms with E-state index in [4.69, 9.17) is 15.2 Å². The second-order valence-corrected chi connectivity index (χ2v) is 7.21. The van der Waals surface area contributed by atoms with Crippen LogP contribution in [0.15, 0.2) is 23.1 Å². The highest BCUT2D eigenvalue weighted by molar-refractivity contribution is 7.89. The fraction of sp³-hybridized carbons (Fsp3) is 0.533. The Hall–Kier alpha value is -1.39. The number of nitrogens with two attached hydrogens (primary N) is 1. The summed E-state index contributed by atoms with van der Waals surface area (Å²) in [6.45, 7) is 2.20. The van der Waals surface area contributed by atoms with Gasteiger partial charge in [0.2, 0.25) is 10.0 Å². The van der Waals surface area contributed by atoms with E-state index in [0.717, 1.165) is 0 Å². The van der Waals surface area contributed by atoms with Crippen LogP contribution in [-0.2, 0) is 14.8 Å². The molecule has 0 saturated carbocycles. The van der Waals surface area contributed by atoms with Crippen LogP contribution in [0, 0.1) is 0 Å². The molecular formula is C15H24ClN3O5S. The number of amides is 1. The number of nitrogens with zero attached hydrogens (tertiary/aromatic N) is 1. The Morgan fingerprint density at radius 3 is 2.64 bits per heavy atom. The van der Waals surface area contributed by atoms with Gasteiger partial charge in [0.25, 0.3) is 5.91 Å². The molecule has 1 fully saturated rings. The highest BCUT2D eigenvalue weighted by atomic mass is 35.5. The largest absolute Gasteiger partial charge is 0.496 e. The molecule has 0 aromatic heterocycles. The molecule has 1 saturated heterocycles. The maximum atomic E-state index is 12.7. The summed E-state index contributed by atoms with van der Waals surface area (Å²) in [5.74, 6) is -0.0690. The Morgan fingerprint density at radius 1 is 1.36 bits per heavy atom. The van der Waals surface area contributed by atoms with Crippen LogP contribution in [0.4, 0.5) is 0 Å². The van der Waals surface area contributed by atoms with Crippen molar-refractivity contribution in [3.05, 3.63) is 23.8 Å². The van der Waals surface area contributed by atoms with Crippen molar-refractivity contribution >= 4 is 28.3 Å². The minimum Gasteiger partial charge on any atom is -0.496 e. The molecular weight excluding hydrogens is 370 g/mol. The van der Waals surface area contributed by atoms with E-state index >= 15 is 0 Å². The van der Waals surface area contributed by atoms with Gasteiger partial charge in [-0.15, -0.1) is 12.4 Å². The van der Waals surface area contributed by atoms with Gasteiger partial charge in [-0.05, 0) is 31.2 Å². The van der Waals surface area contributed by atoms with Crippen LogP contribution in [0.5, 0.6) is 5.75 Å². The topological polar surface area (TPSA) is 111 Å². The minimum atomic E-state index is -3.67. The van der Waals surface area contributed by atoms with Crippen molar-refractivity contribution in [2.45, 2.75) is 11.3 Å². The maximum absolute atomic E-state index is 12.7. The molecule has 1 aromatic rings. The lowest BCUT2D eigenvalue weighted by Gasteiger charge is -2.26. The first-order valence-electron chi connectivity index (χ1n) is 7.75. The van der Waals surface area contributed by atoms with E-state index in [-0.39, 0.29) is 28.8 Å². The summed E-state index contributed by atoms with van der Waals surface area (Å²) in [7, 11) is -2.24. The van der Waals surface area contributed by atoms with Crippen LogP contribution in [0.3, 0.4) is 0 Å². The third-order valence-corrected chi connectivity index (χ3v) is 5.58. The predicted molar refractivity (Wildman–Crippen MR) is 95.8 cm³/mol. The quantitative estimate of drug-likeness (QED) is 0.641. The summed E-state index contributed by atoms with van der Waals surface area (Å²) in [5.41, 5.74) is 5.59. The first-order valence-corrected chi connectivity index (χ1v) is 9.19. The molecule has 0 spiro atoms. The van der Waals surface area contributed by atoms with Crippen molar-refractivity contribution in [2.75, 3.05) is 46.5 Å². The van der Waals surface area contributed by atoms with Crippen molar-refractivity contribution < 1.29 is 22.7 Å². The van der Waals surface area contributed by atoms with Gasteiger partial charge in [-0.3, -0.25) is 4.79 Å². The van der Waals surface area contributed by atoms with Crippen molar-refractivity contribution in [1.82, 2.24) is 9.62 Å². The molecule has 2 rings (SSSR count). The molecule has 0 radical (unpaired) electrons.